The van der Waals surface area contributed by atoms with Crippen molar-refractivity contribution in [3.63, 3.8) is 0 Å². The van der Waals surface area contributed by atoms with Crippen molar-refractivity contribution >= 4 is 17.6 Å². The number of nitrogens with one attached hydrogen (secondary N) is 1. The van der Waals surface area contributed by atoms with E-state index in [-0.39, 0.29) is 11.5 Å². The highest BCUT2D eigenvalue weighted by atomic mass is 16.5. The Morgan fingerprint density at radius 2 is 2.05 bits per heavy atom. The maximum atomic E-state index is 11.1. The molecule has 0 aliphatic carbocycles. The van der Waals surface area contributed by atoms with Gasteiger partial charge in [0, 0.05) is 6.07 Å². The lowest BCUT2D eigenvalue weighted by Crippen LogP contribution is -2.31. The molecule has 1 aromatic carbocycles. The Morgan fingerprint density at radius 3 is 2.74 bits per heavy atom. The Balaban J connectivity index is 2.39. The normalized spacial score (nSPS) is 16.4. The van der Waals surface area contributed by atoms with E-state index in [2.05, 4.69) is 27.1 Å². The molecule has 0 spiro atoms. The molecule has 19 heavy (non-hydrogen) atoms. The van der Waals surface area contributed by atoms with Crippen LogP contribution in [0.2, 0.25) is 0 Å². The van der Waals surface area contributed by atoms with E-state index in [1.54, 1.807) is 25.3 Å². The fraction of sp³-hybridized carbons (Fsp3) is 0.167. The topological polar surface area (TPSA) is 84.6 Å². The fourth-order valence-electron chi connectivity index (χ4n) is 1.44. The van der Waals surface area contributed by atoms with Crippen molar-refractivity contribution in [1.82, 2.24) is 5.32 Å². The van der Waals surface area contributed by atoms with E-state index in [1.807, 2.05) is 0 Å². The molecule has 0 saturated carbocycles. The fourth-order valence-corrected chi connectivity index (χ4v) is 1.44. The van der Waals surface area contributed by atoms with Crippen molar-refractivity contribution in [1.29, 1.82) is 0 Å². The van der Waals surface area contributed by atoms with Gasteiger partial charge in [0.1, 0.15) is 22.9 Å². The predicted molar refractivity (Wildman–Crippen MR) is 69.2 cm³/mol. The van der Waals surface area contributed by atoms with Crippen LogP contribution < -0.4 is 14.8 Å². The molecule has 1 aromatic rings. The summed E-state index contributed by atoms with van der Waals surface area (Å²) in [6.45, 7) is 3.64. The van der Waals surface area contributed by atoms with E-state index in [9.17, 15) is 4.79 Å². The minimum atomic E-state index is -0.585. The minimum Gasteiger partial charge on any atom is -0.497 e. The average Bonchev–Trinajstić information content (AvgIpc) is 2.43. The van der Waals surface area contributed by atoms with Crippen LogP contribution in [0.4, 0.5) is 10.5 Å². The third-order valence-corrected chi connectivity index (χ3v) is 2.38. The Bertz CT molecular complexity index is 593. The zero-order valence-corrected chi connectivity index (χ0v) is 10.5. The van der Waals surface area contributed by atoms with Gasteiger partial charge >= 0.3 is 6.03 Å². The first-order chi connectivity index (χ1) is 9.13. The molecule has 0 saturated heterocycles. The summed E-state index contributed by atoms with van der Waals surface area (Å²) < 4.78 is 10.3. The maximum absolute atomic E-state index is 11.1. The van der Waals surface area contributed by atoms with Gasteiger partial charge in [-0.1, -0.05) is 11.7 Å². The number of carbonyl (C=O) groups is 1. The van der Waals surface area contributed by atoms with Crippen LogP contribution in [0.3, 0.4) is 0 Å². The molecule has 0 unspecified atom stereocenters. The summed E-state index contributed by atoms with van der Waals surface area (Å²) in [5.74, 6) is 1.40. The largest absolute Gasteiger partial charge is 0.497 e. The lowest BCUT2D eigenvalue weighted by Gasteiger charge is -2.11. The second-order valence-corrected chi connectivity index (χ2v) is 3.58. The van der Waals surface area contributed by atoms with E-state index >= 15 is 0 Å². The molecule has 7 nitrogen and oxygen atoms in total. The van der Waals surface area contributed by atoms with Gasteiger partial charge in [-0.25, -0.2) is 9.79 Å². The number of azo groups is 1. The number of amidine groups is 1. The Hall–Kier alpha value is -2.70. The molecule has 1 aliphatic heterocycles. The van der Waals surface area contributed by atoms with Crippen LogP contribution in [0.1, 0.15) is 0 Å². The van der Waals surface area contributed by atoms with Crippen molar-refractivity contribution in [3.8, 4) is 11.5 Å². The van der Waals surface area contributed by atoms with E-state index in [0.717, 1.165) is 0 Å². The first kappa shape index (κ1) is 12.7. The standard InChI is InChI=1S/C12H12N4O3/c1-7-11(14-12(17)16-15-7)13-9-5-4-8(18-2)6-10(9)19-3/h4-6H,1H2,2-3H3,(H,13,14,17). The number of nitrogens with zero attached hydrogens (tertiary/aromatic N) is 3. The molecule has 0 atom stereocenters. The van der Waals surface area contributed by atoms with Crippen molar-refractivity contribution in [2.75, 3.05) is 14.2 Å². The number of benzene rings is 1. The number of hydrogen-bond donors (Lipinski definition) is 1. The Kier molecular flexibility index (Phi) is 3.56. The van der Waals surface area contributed by atoms with Crippen molar-refractivity contribution in [2.45, 2.75) is 0 Å². The summed E-state index contributed by atoms with van der Waals surface area (Å²) in [6.07, 6.45) is 0. The first-order valence-corrected chi connectivity index (χ1v) is 5.36. The average molecular weight is 260 g/mol. The van der Waals surface area contributed by atoms with Gasteiger partial charge in [0.05, 0.1) is 14.2 Å². The molecule has 0 radical (unpaired) electrons. The highest BCUT2D eigenvalue weighted by Crippen LogP contribution is 2.31. The molecule has 7 heteroatoms. The number of hydrogen-bond acceptors (Lipinski definition) is 5. The van der Waals surface area contributed by atoms with Crippen molar-refractivity contribution < 1.29 is 14.3 Å². The lowest BCUT2D eigenvalue weighted by atomic mass is 10.2. The second-order valence-electron chi connectivity index (χ2n) is 3.58. The maximum Gasteiger partial charge on any atom is 0.365 e. The summed E-state index contributed by atoms with van der Waals surface area (Å²) in [4.78, 5) is 15.4. The monoisotopic (exact) mass is 260 g/mol. The van der Waals surface area contributed by atoms with Crippen molar-refractivity contribution in [3.05, 3.63) is 30.5 Å². The van der Waals surface area contributed by atoms with E-state index in [1.165, 1.54) is 7.11 Å². The summed E-state index contributed by atoms with van der Waals surface area (Å²) in [6, 6.07) is 4.54. The number of amides is 2. The summed E-state index contributed by atoms with van der Waals surface area (Å²) >= 11 is 0. The lowest BCUT2D eigenvalue weighted by molar-refractivity contribution is 0.251. The predicted octanol–water partition coefficient (Wildman–Crippen LogP) is 2.42. The van der Waals surface area contributed by atoms with Crippen LogP contribution in [0.15, 0.2) is 45.7 Å². The smallest absolute Gasteiger partial charge is 0.365 e. The molecule has 0 aromatic heterocycles. The van der Waals surface area contributed by atoms with Crippen LogP contribution in [-0.4, -0.2) is 26.1 Å². The van der Waals surface area contributed by atoms with E-state index in [0.29, 0.717) is 17.2 Å². The van der Waals surface area contributed by atoms with E-state index < -0.39 is 6.03 Å². The Labute approximate surface area is 109 Å². The van der Waals surface area contributed by atoms with Gasteiger partial charge in [0.15, 0.2) is 5.84 Å². The molecule has 0 bridgehead atoms. The third-order valence-electron chi connectivity index (χ3n) is 2.38. The highest BCUT2D eigenvalue weighted by molar-refractivity contribution is 6.09. The summed E-state index contributed by atoms with van der Waals surface area (Å²) in [5, 5.41) is 9.37. The minimum absolute atomic E-state index is 0.239. The molecule has 2 rings (SSSR count). The highest BCUT2D eigenvalue weighted by Gasteiger charge is 2.15. The van der Waals surface area contributed by atoms with E-state index in [4.69, 9.17) is 9.47 Å². The quantitative estimate of drug-likeness (QED) is 0.905. The number of rotatable bonds is 3. The van der Waals surface area contributed by atoms with Gasteiger partial charge in [-0.15, -0.1) is 5.11 Å². The van der Waals surface area contributed by atoms with Crippen molar-refractivity contribution in [2.24, 2.45) is 15.2 Å². The molecule has 0 fully saturated rings. The number of methoxy groups -OCH3 is 2. The Morgan fingerprint density at radius 1 is 1.26 bits per heavy atom. The molecular formula is C12H12N4O3. The van der Waals surface area contributed by atoms with Gasteiger partial charge in [0.2, 0.25) is 0 Å². The SMILES string of the molecule is C=C1N=NC(=O)NC1=Nc1ccc(OC)cc1OC. The number of carbonyl (C=O) groups excluding carboxylic acids is 1. The van der Waals surface area contributed by atoms with Gasteiger partial charge in [-0.2, -0.15) is 0 Å². The van der Waals surface area contributed by atoms with Crippen LogP contribution in [0, 0.1) is 0 Å². The molecule has 2 amide bonds. The summed E-state index contributed by atoms with van der Waals surface area (Å²) in [5.41, 5.74) is 0.800. The molecule has 98 valence electrons. The summed E-state index contributed by atoms with van der Waals surface area (Å²) in [7, 11) is 3.08. The zero-order chi connectivity index (χ0) is 13.8. The van der Waals surface area contributed by atoms with Gasteiger partial charge < -0.3 is 9.47 Å². The van der Waals surface area contributed by atoms with Crippen LogP contribution in [0.5, 0.6) is 11.5 Å². The first-order valence-electron chi connectivity index (χ1n) is 5.36. The number of aliphatic imine (C=N–C) groups is 1. The third kappa shape index (κ3) is 2.76. The van der Waals surface area contributed by atoms with Crippen LogP contribution >= 0.6 is 0 Å². The number of urea groups is 1. The molecule has 1 N–H and O–H groups in total. The van der Waals surface area contributed by atoms with Crippen LogP contribution in [-0.2, 0) is 0 Å². The molecule has 1 heterocycles. The molecular weight excluding hydrogens is 248 g/mol. The van der Waals surface area contributed by atoms with Gasteiger partial charge in [-0.3, -0.25) is 5.32 Å². The van der Waals surface area contributed by atoms with Crippen LogP contribution in [0.25, 0.3) is 0 Å². The van der Waals surface area contributed by atoms with Gasteiger partial charge in [0.25, 0.3) is 0 Å². The van der Waals surface area contributed by atoms with Gasteiger partial charge in [-0.05, 0) is 12.1 Å². The zero-order valence-electron chi connectivity index (χ0n) is 10.5. The second kappa shape index (κ2) is 5.30. The number of ether oxygens (including phenoxy) is 2. The molecule has 1 aliphatic rings.